The molecule has 1 aromatic heterocycles. The smallest absolute Gasteiger partial charge is 0.237 e. The van der Waals surface area contributed by atoms with E-state index >= 15 is 0 Å². The summed E-state index contributed by atoms with van der Waals surface area (Å²) in [5, 5.41) is 2.83. The molecule has 0 aromatic carbocycles. The van der Waals surface area contributed by atoms with Crippen LogP contribution in [0.3, 0.4) is 0 Å². The Morgan fingerprint density at radius 3 is 2.71 bits per heavy atom. The van der Waals surface area contributed by atoms with Crippen LogP contribution in [-0.2, 0) is 4.79 Å². The maximum Gasteiger partial charge on any atom is 0.237 e. The van der Waals surface area contributed by atoms with E-state index in [-0.39, 0.29) is 11.2 Å². The van der Waals surface area contributed by atoms with Crippen molar-refractivity contribution in [2.75, 3.05) is 16.8 Å². The normalized spacial score (nSPS) is 12.5. The second-order valence-corrected chi connectivity index (χ2v) is 5.50. The number of nitrogen functional groups attached to an aromatic ring is 1. The number of nitrogens with one attached hydrogen (secondary N) is 1. The Balaban J connectivity index is 2.66. The van der Waals surface area contributed by atoms with E-state index in [9.17, 15) is 4.79 Å². The number of carbonyl (C=O) groups excluding carboxylic acids is 1. The third-order valence-corrected chi connectivity index (χ3v) is 3.71. The van der Waals surface area contributed by atoms with Gasteiger partial charge in [0.1, 0.15) is 5.82 Å². The first-order valence-electron chi connectivity index (χ1n) is 5.68. The fourth-order valence-corrected chi connectivity index (χ4v) is 2.40. The van der Waals surface area contributed by atoms with Crippen molar-refractivity contribution in [3.05, 3.63) is 18.3 Å². The lowest BCUT2D eigenvalue weighted by Crippen LogP contribution is -2.29. The predicted molar refractivity (Wildman–Crippen MR) is 74.0 cm³/mol. The lowest BCUT2D eigenvalue weighted by atomic mass is 10.1. The van der Waals surface area contributed by atoms with Gasteiger partial charge < -0.3 is 11.1 Å². The van der Waals surface area contributed by atoms with Gasteiger partial charge in [-0.3, -0.25) is 4.79 Å². The molecule has 1 atom stereocenters. The molecule has 17 heavy (non-hydrogen) atoms. The van der Waals surface area contributed by atoms with Crippen LogP contribution in [0.2, 0.25) is 0 Å². The van der Waals surface area contributed by atoms with Gasteiger partial charge in [-0.15, -0.1) is 11.8 Å². The highest BCUT2D eigenvalue weighted by molar-refractivity contribution is 8.00. The first-order chi connectivity index (χ1) is 8.04. The molecule has 5 heteroatoms. The first kappa shape index (κ1) is 13.8. The molecule has 1 unspecified atom stereocenters. The molecule has 0 saturated heterocycles. The van der Waals surface area contributed by atoms with Crippen LogP contribution in [0.1, 0.15) is 20.8 Å². The average molecular weight is 253 g/mol. The molecule has 0 radical (unpaired) electrons. The van der Waals surface area contributed by atoms with E-state index in [1.54, 1.807) is 30.1 Å². The Bertz CT molecular complexity index is 365. The predicted octanol–water partition coefficient (Wildman–Crippen LogP) is 2.38. The fourth-order valence-electron chi connectivity index (χ4n) is 1.44. The van der Waals surface area contributed by atoms with E-state index in [2.05, 4.69) is 17.2 Å². The molecule has 1 rings (SSSR count). The third kappa shape index (κ3) is 4.26. The number of rotatable bonds is 5. The van der Waals surface area contributed by atoms with E-state index in [0.29, 0.717) is 17.4 Å². The Morgan fingerprint density at radius 2 is 2.24 bits per heavy atom. The van der Waals surface area contributed by atoms with Gasteiger partial charge in [0.25, 0.3) is 0 Å². The molecule has 0 spiro atoms. The molecule has 94 valence electrons. The Morgan fingerprint density at radius 1 is 1.53 bits per heavy atom. The maximum atomic E-state index is 12.0. The number of aromatic nitrogens is 1. The first-order valence-corrected chi connectivity index (χ1v) is 6.73. The fraction of sp³-hybridized carbons (Fsp3) is 0.500. The van der Waals surface area contributed by atoms with E-state index in [4.69, 9.17) is 5.73 Å². The number of nitrogens with two attached hydrogens (primary N) is 1. The highest BCUT2D eigenvalue weighted by Gasteiger charge is 2.21. The van der Waals surface area contributed by atoms with Crippen LogP contribution < -0.4 is 11.1 Å². The molecular formula is C12H19N3OS. The van der Waals surface area contributed by atoms with Crippen LogP contribution in [0.25, 0.3) is 0 Å². The molecule has 3 N–H and O–H groups in total. The van der Waals surface area contributed by atoms with Gasteiger partial charge in [-0.1, -0.05) is 20.8 Å². The summed E-state index contributed by atoms with van der Waals surface area (Å²) in [6.45, 7) is 6.15. The summed E-state index contributed by atoms with van der Waals surface area (Å²) in [6, 6.07) is 3.43. The zero-order valence-electron chi connectivity index (χ0n) is 10.4. The zero-order valence-corrected chi connectivity index (χ0v) is 11.3. The molecular weight excluding hydrogens is 234 g/mol. The largest absolute Gasteiger partial charge is 0.384 e. The van der Waals surface area contributed by atoms with Crippen LogP contribution in [0, 0.1) is 5.92 Å². The van der Waals surface area contributed by atoms with Crippen molar-refractivity contribution in [3.63, 3.8) is 0 Å². The zero-order chi connectivity index (χ0) is 12.8. The van der Waals surface area contributed by atoms with Gasteiger partial charge in [0.05, 0.1) is 17.1 Å². The van der Waals surface area contributed by atoms with E-state index in [1.807, 2.05) is 13.8 Å². The molecule has 0 saturated carbocycles. The Labute approximate surface area is 106 Å². The van der Waals surface area contributed by atoms with Crippen molar-refractivity contribution in [2.24, 2.45) is 5.92 Å². The minimum atomic E-state index is -0.0300. The van der Waals surface area contributed by atoms with Crippen molar-refractivity contribution >= 4 is 29.2 Å². The van der Waals surface area contributed by atoms with Crippen molar-refractivity contribution in [1.82, 2.24) is 4.98 Å². The standard InChI is InChI=1S/C12H19N3OS/c1-4-17-11(8(2)3)12(16)15-9-5-6-10(13)14-7-9/h5-8,11H,4H2,1-3H3,(H2,13,14)(H,15,16). The number of nitrogens with zero attached hydrogens (tertiary/aromatic N) is 1. The lowest BCUT2D eigenvalue weighted by Gasteiger charge is -2.18. The quantitative estimate of drug-likeness (QED) is 0.845. The van der Waals surface area contributed by atoms with Gasteiger partial charge in [-0.05, 0) is 23.8 Å². The van der Waals surface area contributed by atoms with Crippen LogP contribution in [-0.4, -0.2) is 21.9 Å². The molecule has 1 heterocycles. The SMILES string of the molecule is CCSC(C(=O)Nc1ccc(N)nc1)C(C)C. The number of pyridine rings is 1. The Kier molecular flexibility index (Phi) is 5.28. The number of carbonyl (C=O) groups is 1. The maximum absolute atomic E-state index is 12.0. The molecule has 1 aromatic rings. The number of anilines is 2. The van der Waals surface area contributed by atoms with Crippen LogP contribution in [0.15, 0.2) is 18.3 Å². The minimum Gasteiger partial charge on any atom is -0.384 e. The minimum absolute atomic E-state index is 0.0263. The number of thioether (sulfide) groups is 1. The van der Waals surface area contributed by atoms with Crippen molar-refractivity contribution in [1.29, 1.82) is 0 Å². The third-order valence-electron chi connectivity index (χ3n) is 2.26. The van der Waals surface area contributed by atoms with Crippen LogP contribution in [0.5, 0.6) is 0 Å². The topological polar surface area (TPSA) is 68.0 Å². The summed E-state index contributed by atoms with van der Waals surface area (Å²) in [5.74, 6) is 1.71. The van der Waals surface area contributed by atoms with Crippen LogP contribution in [0.4, 0.5) is 11.5 Å². The van der Waals surface area contributed by atoms with Gasteiger partial charge in [0, 0.05) is 0 Å². The molecule has 0 aliphatic rings. The van der Waals surface area contributed by atoms with Gasteiger partial charge in [0.2, 0.25) is 5.91 Å². The average Bonchev–Trinajstić information content (AvgIpc) is 2.28. The van der Waals surface area contributed by atoms with Gasteiger partial charge in [-0.25, -0.2) is 4.98 Å². The molecule has 0 aliphatic heterocycles. The number of amides is 1. The number of hydrogen-bond acceptors (Lipinski definition) is 4. The molecule has 1 amide bonds. The van der Waals surface area contributed by atoms with Gasteiger partial charge in [0.15, 0.2) is 0 Å². The van der Waals surface area contributed by atoms with Crippen molar-refractivity contribution in [2.45, 2.75) is 26.0 Å². The van der Waals surface area contributed by atoms with Crippen LogP contribution >= 0.6 is 11.8 Å². The monoisotopic (exact) mass is 253 g/mol. The Hall–Kier alpha value is -1.23. The highest BCUT2D eigenvalue weighted by atomic mass is 32.2. The second kappa shape index (κ2) is 6.49. The van der Waals surface area contributed by atoms with Gasteiger partial charge in [-0.2, -0.15) is 0 Å². The highest BCUT2D eigenvalue weighted by Crippen LogP contribution is 2.21. The van der Waals surface area contributed by atoms with E-state index < -0.39 is 0 Å². The van der Waals surface area contributed by atoms with Crippen molar-refractivity contribution < 1.29 is 4.79 Å². The molecule has 0 fully saturated rings. The second-order valence-electron chi connectivity index (χ2n) is 4.08. The summed E-state index contributed by atoms with van der Waals surface area (Å²) < 4.78 is 0. The lowest BCUT2D eigenvalue weighted by molar-refractivity contribution is -0.116. The summed E-state index contributed by atoms with van der Waals surface area (Å²) in [5.41, 5.74) is 6.17. The molecule has 4 nitrogen and oxygen atoms in total. The molecule has 0 aliphatic carbocycles. The summed E-state index contributed by atoms with van der Waals surface area (Å²) in [6.07, 6.45) is 1.57. The van der Waals surface area contributed by atoms with Crippen molar-refractivity contribution in [3.8, 4) is 0 Å². The molecule has 0 bridgehead atoms. The van der Waals surface area contributed by atoms with Gasteiger partial charge >= 0.3 is 0 Å². The summed E-state index contributed by atoms with van der Waals surface area (Å²) in [7, 11) is 0. The summed E-state index contributed by atoms with van der Waals surface area (Å²) >= 11 is 1.66. The van der Waals surface area contributed by atoms with E-state index in [0.717, 1.165) is 5.75 Å². The number of hydrogen-bond donors (Lipinski definition) is 2. The summed E-state index contributed by atoms with van der Waals surface area (Å²) in [4.78, 5) is 16.0. The van der Waals surface area contributed by atoms with E-state index in [1.165, 1.54) is 0 Å².